The van der Waals surface area contributed by atoms with Crippen LogP contribution in [0.1, 0.15) is 342 Å². The standard InChI is InChI=1S/C64H128N4O4/c1-5-9-13-17-21-31-39-47-58-67(59-48-40-32-22-18-14-10-6-2)62(69)52-43-35-27-25-29-37-45-55-66(57-51-54-65-64(71)72)56-46-38-30-26-28-36-44-53-63(70)68(60-49-41-33-23-19-15-11-7-3)61-50-42-34-24-20-16-12-8-4/h65H,5-61H2,1-4H3,(H,71,72). The minimum Gasteiger partial charge on any atom is -0.465 e. The number of carboxylic acid groups (broad SMARTS) is 1. The predicted molar refractivity (Wildman–Crippen MR) is 315 cm³/mol. The summed E-state index contributed by atoms with van der Waals surface area (Å²) in [7, 11) is 0. The van der Waals surface area contributed by atoms with E-state index in [1.807, 2.05) is 0 Å². The van der Waals surface area contributed by atoms with E-state index in [4.69, 9.17) is 5.11 Å². The molecule has 8 nitrogen and oxygen atoms in total. The van der Waals surface area contributed by atoms with Crippen LogP contribution in [0.3, 0.4) is 0 Å². The van der Waals surface area contributed by atoms with E-state index < -0.39 is 6.09 Å². The number of hydrogen-bond acceptors (Lipinski definition) is 4. The lowest BCUT2D eigenvalue weighted by Gasteiger charge is -2.23. The summed E-state index contributed by atoms with van der Waals surface area (Å²) < 4.78 is 0. The summed E-state index contributed by atoms with van der Waals surface area (Å²) >= 11 is 0. The molecule has 0 aromatic carbocycles. The van der Waals surface area contributed by atoms with Gasteiger partial charge in [0, 0.05) is 45.6 Å². The minimum atomic E-state index is -0.930. The van der Waals surface area contributed by atoms with Crippen LogP contribution < -0.4 is 5.32 Å². The molecule has 0 rings (SSSR count). The number of nitrogens with zero attached hydrogens (tertiary/aromatic N) is 3. The van der Waals surface area contributed by atoms with Crippen LogP contribution in [0.15, 0.2) is 0 Å². The van der Waals surface area contributed by atoms with E-state index in [1.54, 1.807) is 0 Å². The highest BCUT2D eigenvalue weighted by Gasteiger charge is 2.15. The molecule has 3 amide bonds. The van der Waals surface area contributed by atoms with Gasteiger partial charge in [-0.3, -0.25) is 9.59 Å². The summed E-state index contributed by atoms with van der Waals surface area (Å²) in [6, 6.07) is 0. The lowest BCUT2D eigenvalue weighted by molar-refractivity contribution is -0.132. The van der Waals surface area contributed by atoms with E-state index in [1.165, 1.54) is 244 Å². The molecule has 0 atom stereocenters. The maximum absolute atomic E-state index is 13.4. The summed E-state index contributed by atoms with van der Waals surface area (Å²) in [4.78, 5) is 44.8. The van der Waals surface area contributed by atoms with Gasteiger partial charge in [-0.1, -0.05) is 272 Å². The van der Waals surface area contributed by atoms with E-state index in [0.29, 0.717) is 18.4 Å². The third-order valence-electron chi connectivity index (χ3n) is 15.5. The average molecular weight is 1020 g/mol. The molecular weight excluding hydrogens is 889 g/mol. The summed E-state index contributed by atoms with van der Waals surface area (Å²) in [6.45, 7) is 16.6. The van der Waals surface area contributed by atoms with E-state index in [2.05, 4.69) is 47.7 Å². The van der Waals surface area contributed by atoms with Gasteiger partial charge in [0.1, 0.15) is 0 Å². The van der Waals surface area contributed by atoms with Gasteiger partial charge in [0.05, 0.1) is 0 Å². The van der Waals surface area contributed by atoms with Crippen LogP contribution in [0, 0.1) is 0 Å². The van der Waals surface area contributed by atoms with Gasteiger partial charge in [-0.15, -0.1) is 0 Å². The van der Waals surface area contributed by atoms with Crippen LogP contribution in [0.4, 0.5) is 4.79 Å². The Kier molecular flexibility index (Phi) is 56.9. The number of unbranched alkanes of at least 4 members (excludes halogenated alkanes) is 40. The Morgan fingerprint density at radius 2 is 0.486 bits per heavy atom. The van der Waals surface area contributed by atoms with Crippen molar-refractivity contribution in [1.29, 1.82) is 0 Å². The van der Waals surface area contributed by atoms with Gasteiger partial charge in [0.15, 0.2) is 0 Å². The summed E-state index contributed by atoms with van der Waals surface area (Å²) in [5.74, 6) is 0.802. The first-order valence-corrected chi connectivity index (χ1v) is 32.6. The first-order valence-electron chi connectivity index (χ1n) is 32.6. The Morgan fingerprint density at radius 3 is 0.736 bits per heavy atom. The maximum atomic E-state index is 13.4. The van der Waals surface area contributed by atoms with Gasteiger partial charge >= 0.3 is 6.09 Å². The fraction of sp³-hybridized carbons (Fsp3) is 0.953. The molecule has 428 valence electrons. The third kappa shape index (κ3) is 51.6. The molecule has 0 saturated heterocycles. The number of amides is 3. The van der Waals surface area contributed by atoms with Gasteiger partial charge < -0.3 is 25.1 Å². The highest BCUT2D eigenvalue weighted by atomic mass is 16.4. The molecule has 0 spiro atoms. The predicted octanol–water partition coefficient (Wildman–Crippen LogP) is 19.4. The van der Waals surface area contributed by atoms with Crippen molar-refractivity contribution in [2.75, 3.05) is 52.4 Å². The second kappa shape index (κ2) is 58.4. The van der Waals surface area contributed by atoms with Crippen molar-refractivity contribution >= 4 is 17.9 Å². The van der Waals surface area contributed by atoms with Crippen LogP contribution in [-0.2, 0) is 9.59 Å². The van der Waals surface area contributed by atoms with E-state index >= 15 is 0 Å². The van der Waals surface area contributed by atoms with Gasteiger partial charge in [-0.2, -0.15) is 0 Å². The minimum absolute atomic E-state index is 0.401. The first-order chi connectivity index (χ1) is 35.4. The molecule has 0 radical (unpaired) electrons. The smallest absolute Gasteiger partial charge is 0.404 e. The molecule has 0 aromatic heterocycles. The van der Waals surface area contributed by atoms with Gasteiger partial charge in [-0.25, -0.2) is 4.79 Å². The quantitative estimate of drug-likeness (QED) is 0.0592. The Morgan fingerprint density at radius 1 is 0.278 bits per heavy atom. The largest absolute Gasteiger partial charge is 0.465 e. The van der Waals surface area contributed by atoms with Crippen molar-refractivity contribution in [3.05, 3.63) is 0 Å². The zero-order valence-corrected chi connectivity index (χ0v) is 49.3. The molecule has 0 heterocycles. The molecule has 0 unspecified atom stereocenters. The Labute approximate surface area is 450 Å². The van der Waals surface area contributed by atoms with E-state index in [0.717, 1.165) is 116 Å². The Balaban J connectivity index is 4.50. The van der Waals surface area contributed by atoms with Crippen molar-refractivity contribution in [3.8, 4) is 0 Å². The van der Waals surface area contributed by atoms with Crippen molar-refractivity contribution in [2.24, 2.45) is 0 Å². The molecule has 0 aliphatic heterocycles. The van der Waals surface area contributed by atoms with Gasteiger partial charge in [0.25, 0.3) is 0 Å². The fourth-order valence-corrected chi connectivity index (χ4v) is 10.6. The first kappa shape index (κ1) is 70.2. The number of rotatable bonds is 60. The lowest BCUT2D eigenvalue weighted by atomic mass is 10.1. The van der Waals surface area contributed by atoms with Crippen LogP contribution >= 0.6 is 0 Å². The number of carbonyl (C=O) groups is 3. The summed E-state index contributed by atoms with van der Waals surface area (Å²) in [5.41, 5.74) is 0. The zero-order chi connectivity index (χ0) is 52.5. The van der Waals surface area contributed by atoms with Gasteiger partial charge in [0.2, 0.25) is 11.8 Å². The average Bonchev–Trinajstić information content (AvgIpc) is 3.37. The van der Waals surface area contributed by atoms with Crippen LogP contribution in [0.5, 0.6) is 0 Å². The number of carbonyl (C=O) groups excluding carboxylic acids is 2. The van der Waals surface area contributed by atoms with E-state index in [9.17, 15) is 14.4 Å². The number of hydrogen-bond donors (Lipinski definition) is 2. The molecular formula is C64H128N4O4. The SMILES string of the molecule is CCCCCCCCCCN(CCCCCCCCCC)C(=O)CCCCCCCCCN(CCCCCCCCCC(=O)N(CCCCCCCCCC)CCCCCCCCCC)CCCNC(=O)O. The summed E-state index contributed by atoms with van der Waals surface area (Å²) in [5, 5.41) is 11.6. The zero-order valence-electron chi connectivity index (χ0n) is 49.3. The summed E-state index contributed by atoms with van der Waals surface area (Å²) in [6.07, 6.45) is 60.1. The van der Waals surface area contributed by atoms with Crippen molar-refractivity contribution in [3.63, 3.8) is 0 Å². The molecule has 8 heteroatoms. The van der Waals surface area contributed by atoms with Crippen LogP contribution in [0.25, 0.3) is 0 Å². The number of nitrogens with one attached hydrogen (secondary N) is 1. The normalized spacial score (nSPS) is 11.5. The Bertz CT molecular complexity index is 1010. The van der Waals surface area contributed by atoms with Crippen LogP contribution in [-0.4, -0.2) is 90.1 Å². The van der Waals surface area contributed by atoms with Crippen molar-refractivity contribution < 1.29 is 19.5 Å². The topological polar surface area (TPSA) is 93.2 Å². The monoisotopic (exact) mass is 1020 g/mol. The highest BCUT2D eigenvalue weighted by molar-refractivity contribution is 5.76. The Hall–Kier alpha value is -1.83. The van der Waals surface area contributed by atoms with Crippen molar-refractivity contribution in [1.82, 2.24) is 20.0 Å². The fourth-order valence-electron chi connectivity index (χ4n) is 10.6. The lowest BCUT2D eigenvalue weighted by Crippen LogP contribution is -2.32. The molecule has 0 saturated carbocycles. The van der Waals surface area contributed by atoms with E-state index in [-0.39, 0.29) is 0 Å². The second-order valence-electron chi connectivity index (χ2n) is 22.5. The molecule has 0 aliphatic carbocycles. The highest BCUT2D eigenvalue weighted by Crippen LogP contribution is 2.17. The molecule has 72 heavy (non-hydrogen) atoms. The molecule has 0 bridgehead atoms. The molecule has 0 fully saturated rings. The molecule has 2 N–H and O–H groups in total. The molecule has 0 aliphatic rings. The second-order valence-corrected chi connectivity index (χ2v) is 22.5. The van der Waals surface area contributed by atoms with Crippen LogP contribution in [0.2, 0.25) is 0 Å². The maximum Gasteiger partial charge on any atom is 0.404 e. The third-order valence-corrected chi connectivity index (χ3v) is 15.5. The van der Waals surface area contributed by atoms with Gasteiger partial charge in [-0.05, 0) is 77.4 Å². The van der Waals surface area contributed by atoms with Crippen molar-refractivity contribution in [2.45, 2.75) is 342 Å². The molecule has 0 aromatic rings.